The van der Waals surface area contributed by atoms with Gasteiger partial charge in [0, 0.05) is 6.42 Å². The fourth-order valence-electron chi connectivity index (χ4n) is 4.61. The third-order valence-electron chi connectivity index (χ3n) is 6.70. The van der Waals surface area contributed by atoms with E-state index in [2.05, 4.69) is 19.2 Å². The Bertz CT molecular complexity index is 496. The van der Waals surface area contributed by atoms with Crippen LogP contribution in [0.25, 0.3) is 0 Å². The van der Waals surface area contributed by atoms with Gasteiger partial charge in [0.15, 0.2) is 0 Å². The Morgan fingerprint density at radius 1 is 0.879 bits per heavy atom. The summed E-state index contributed by atoms with van der Waals surface area (Å²) in [7, 11) is 0. The summed E-state index contributed by atoms with van der Waals surface area (Å²) in [6, 6.07) is -0.557. The van der Waals surface area contributed by atoms with Crippen molar-refractivity contribution in [1.82, 2.24) is 5.32 Å². The van der Waals surface area contributed by atoms with Gasteiger partial charge in [-0.15, -0.1) is 0 Å². The van der Waals surface area contributed by atoms with Crippen molar-refractivity contribution >= 4 is 12.4 Å². The van der Waals surface area contributed by atoms with E-state index >= 15 is 0 Å². The minimum Gasteiger partial charge on any atom is -0.461 e. The van der Waals surface area contributed by atoms with E-state index in [9.17, 15) is 9.59 Å². The SMILES string of the molecule is CCCCCCCCCCC[C@@H](C[C@@H]1O[C@@H]1CCCCCC)OC(=O)[C@H](CC(C)C)NC=O. The Balaban J connectivity index is 2.43. The van der Waals surface area contributed by atoms with Crippen molar-refractivity contribution in [3.8, 4) is 0 Å². The van der Waals surface area contributed by atoms with Gasteiger partial charge < -0.3 is 14.8 Å². The number of esters is 1. The third kappa shape index (κ3) is 15.4. The number of nitrogens with one attached hydrogen (secondary N) is 1. The van der Waals surface area contributed by atoms with Gasteiger partial charge in [-0.2, -0.15) is 0 Å². The second kappa shape index (κ2) is 19.2. The van der Waals surface area contributed by atoms with Crippen molar-refractivity contribution in [3.63, 3.8) is 0 Å². The van der Waals surface area contributed by atoms with Crippen molar-refractivity contribution in [2.24, 2.45) is 5.92 Å². The van der Waals surface area contributed by atoms with E-state index in [1.807, 2.05) is 13.8 Å². The highest BCUT2D eigenvalue weighted by atomic mass is 16.6. The van der Waals surface area contributed by atoms with Gasteiger partial charge in [0.1, 0.15) is 12.1 Å². The molecule has 0 bridgehead atoms. The van der Waals surface area contributed by atoms with Crippen LogP contribution in [0.1, 0.15) is 137 Å². The predicted molar refractivity (Wildman–Crippen MR) is 136 cm³/mol. The summed E-state index contributed by atoms with van der Waals surface area (Å²) in [5, 5.41) is 2.66. The number of unbranched alkanes of at least 4 members (excludes halogenated alkanes) is 11. The molecule has 33 heavy (non-hydrogen) atoms. The molecule has 0 spiro atoms. The summed E-state index contributed by atoms with van der Waals surface area (Å²) in [5.41, 5.74) is 0. The lowest BCUT2D eigenvalue weighted by Gasteiger charge is -2.22. The number of epoxide rings is 1. The molecule has 1 saturated heterocycles. The lowest BCUT2D eigenvalue weighted by molar-refractivity contribution is -0.153. The molecule has 194 valence electrons. The van der Waals surface area contributed by atoms with Crippen molar-refractivity contribution in [3.05, 3.63) is 0 Å². The van der Waals surface area contributed by atoms with Gasteiger partial charge >= 0.3 is 5.97 Å². The Morgan fingerprint density at radius 3 is 2.03 bits per heavy atom. The second-order valence-corrected chi connectivity index (χ2v) is 10.4. The molecule has 1 fully saturated rings. The Kier molecular flexibility index (Phi) is 17.4. The number of hydrogen-bond donors (Lipinski definition) is 1. The van der Waals surface area contributed by atoms with E-state index in [-0.39, 0.29) is 18.2 Å². The first-order chi connectivity index (χ1) is 16.0. The first-order valence-electron chi connectivity index (χ1n) is 14.1. The van der Waals surface area contributed by atoms with Gasteiger partial charge in [-0.25, -0.2) is 4.79 Å². The number of hydrogen-bond acceptors (Lipinski definition) is 4. The monoisotopic (exact) mass is 467 g/mol. The standard InChI is InChI=1S/C28H53NO4/c1-5-7-9-11-12-13-14-15-16-18-24(21-27-26(33-27)19-17-10-8-6-2)32-28(31)25(29-22-30)20-23(3)4/h22-27H,5-21H2,1-4H3,(H,29,30)/t24-,25-,26+,27-/m0/s1. The Labute approximate surface area is 204 Å². The molecule has 0 aromatic carbocycles. The maximum Gasteiger partial charge on any atom is 0.328 e. The number of carbonyl (C=O) groups is 2. The summed E-state index contributed by atoms with van der Waals surface area (Å²) < 4.78 is 11.9. The van der Waals surface area contributed by atoms with Crippen LogP contribution in [0.3, 0.4) is 0 Å². The molecule has 1 rings (SSSR count). The summed E-state index contributed by atoms with van der Waals surface area (Å²) in [4.78, 5) is 23.8. The molecule has 0 aromatic heterocycles. The van der Waals surface area contributed by atoms with E-state index in [0.29, 0.717) is 24.9 Å². The van der Waals surface area contributed by atoms with Crippen molar-refractivity contribution in [1.29, 1.82) is 0 Å². The minimum absolute atomic E-state index is 0.115. The van der Waals surface area contributed by atoms with Gasteiger partial charge in [0.25, 0.3) is 0 Å². The molecule has 0 aliphatic carbocycles. The molecule has 1 aliphatic heterocycles. The number of amides is 1. The Morgan fingerprint density at radius 2 is 1.45 bits per heavy atom. The molecule has 5 heteroatoms. The van der Waals surface area contributed by atoms with Crippen LogP contribution < -0.4 is 5.32 Å². The molecule has 4 atom stereocenters. The molecule has 1 amide bonds. The van der Waals surface area contributed by atoms with Crippen LogP contribution in [0, 0.1) is 5.92 Å². The van der Waals surface area contributed by atoms with Gasteiger partial charge in [-0.1, -0.05) is 105 Å². The topological polar surface area (TPSA) is 67.9 Å². The van der Waals surface area contributed by atoms with Crippen molar-refractivity contribution < 1.29 is 19.1 Å². The molecule has 1 N–H and O–H groups in total. The Hall–Kier alpha value is -1.10. The van der Waals surface area contributed by atoms with E-state index in [4.69, 9.17) is 9.47 Å². The van der Waals surface area contributed by atoms with Crippen LogP contribution in [0.2, 0.25) is 0 Å². The maximum atomic E-state index is 12.8. The normalized spacial score (nSPS) is 19.3. The molecule has 0 unspecified atom stereocenters. The molecule has 1 aliphatic rings. The molecular weight excluding hydrogens is 414 g/mol. The van der Waals surface area contributed by atoms with Crippen LogP contribution in [-0.2, 0) is 19.1 Å². The largest absolute Gasteiger partial charge is 0.461 e. The highest BCUT2D eigenvalue weighted by molar-refractivity contribution is 5.78. The fourth-order valence-corrected chi connectivity index (χ4v) is 4.61. The van der Waals surface area contributed by atoms with Crippen LogP contribution >= 0.6 is 0 Å². The molecule has 5 nitrogen and oxygen atoms in total. The molecule has 1 heterocycles. The highest BCUT2D eigenvalue weighted by Crippen LogP contribution is 2.33. The quantitative estimate of drug-likeness (QED) is 0.0752. The lowest BCUT2D eigenvalue weighted by Crippen LogP contribution is -2.40. The average molecular weight is 468 g/mol. The predicted octanol–water partition coefficient (Wildman–Crippen LogP) is 7.11. The summed E-state index contributed by atoms with van der Waals surface area (Å²) in [6.45, 7) is 8.58. The van der Waals surface area contributed by atoms with Crippen molar-refractivity contribution in [2.75, 3.05) is 0 Å². The summed E-state index contributed by atoms with van der Waals surface area (Å²) >= 11 is 0. The second-order valence-electron chi connectivity index (χ2n) is 10.4. The van der Waals surface area contributed by atoms with Gasteiger partial charge in [-0.3, -0.25) is 4.79 Å². The maximum absolute atomic E-state index is 12.8. The van der Waals surface area contributed by atoms with Crippen molar-refractivity contribution in [2.45, 2.75) is 161 Å². The highest BCUT2D eigenvalue weighted by Gasteiger charge is 2.40. The number of carbonyl (C=O) groups excluding carboxylic acids is 2. The zero-order valence-corrected chi connectivity index (χ0v) is 22.1. The molecule has 0 radical (unpaired) electrons. The van der Waals surface area contributed by atoms with E-state index in [1.54, 1.807) is 0 Å². The average Bonchev–Trinajstić information content (AvgIpc) is 3.52. The van der Waals surface area contributed by atoms with Crippen LogP contribution in [-0.4, -0.2) is 36.7 Å². The smallest absolute Gasteiger partial charge is 0.328 e. The zero-order chi connectivity index (χ0) is 24.3. The fraction of sp³-hybridized carbons (Fsp3) is 0.929. The van der Waals surface area contributed by atoms with Gasteiger partial charge in [0.2, 0.25) is 6.41 Å². The molecular formula is C28H53NO4. The van der Waals surface area contributed by atoms with E-state index < -0.39 is 6.04 Å². The number of rotatable bonds is 23. The van der Waals surface area contributed by atoms with Crippen LogP contribution in [0.5, 0.6) is 0 Å². The first-order valence-corrected chi connectivity index (χ1v) is 14.1. The van der Waals surface area contributed by atoms with Crippen LogP contribution in [0.4, 0.5) is 0 Å². The van der Waals surface area contributed by atoms with Crippen LogP contribution in [0.15, 0.2) is 0 Å². The molecule has 0 aromatic rings. The van der Waals surface area contributed by atoms with Gasteiger partial charge in [-0.05, 0) is 31.6 Å². The zero-order valence-electron chi connectivity index (χ0n) is 22.1. The van der Waals surface area contributed by atoms with E-state index in [0.717, 1.165) is 25.7 Å². The number of ether oxygens (including phenoxy) is 2. The summed E-state index contributed by atoms with van der Waals surface area (Å²) in [5.74, 6) is 0.0157. The molecule has 0 saturated carbocycles. The minimum atomic E-state index is -0.557. The first kappa shape index (κ1) is 29.9. The lowest BCUT2D eigenvalue weighted by atomic mass is 10.0. The van der Waals surface area contributed by atoms with Gasteiger partial charge in [0.05, 0.1) is 12.2 Å². The summed E-state index contributed by atoms with van der Waals surface area (Å²) in [6.07, 6.45) is 21.0. The van der Waals surface area contributed by atoms with E-state index in [1.165, 1.54) is 77.0 Å². The third-order valence-corrected chi connectivity index (χ3v) is 6.70.